The van der Waals surface area contributed by atoms with E-state index in [1.165, 1.54) is 13.3 Å². The predicted octanol–water partition coefficient (Wildman–Crippen LogP) is 3.75. The van der Waals surface area contributed by atoms with Gasteiger partial charge in [-0.15, -0.1) is 0 Å². The van der Waals surface area contributed by atoms with Crippen molar-refractivity contribution in [2.75, 3.05) is 6.61 Å². The quantitative estimate of drug-likeness (QED) is 0.650. The molecule has 5 rings (SSSR count). The van der Waals surface area contributed by atoms with Crippen molar-refractivity contribution in [3.05, 3.63) is 0 Å². The highest BCUT2D eigenvalue weighted by molar-refractivity contribution is 5.88. The Morgan fingerprint density at radius 2 is 1.77 bits per heavy atom. The molecule has 1 aliphatic heterocycles. The van der Waals surface area contributed by atoms with Crippen LogP contribution in [0, 0.1) is 51.2 Å². The summed E-state index contributed by atoms with van der Waals surface area (Å²) in [7, 11) is 0. The maximum Gasteiger partial charge on any atom is 0.310 e. The highest BCUT2D eigenvalue weighted by atomic mass is 16.6. The molecule has 1 heterocycles. The average molecular weight is 433 g/mol. The van der Waals surface area contributed by atoms with Gasteiger partial charge in [-0.3, -0.25) is 9.59 Å². The summed E-state index contributed by atoms with van der Waals surface area (Å²) in [5.74, 6) is -0.765. The fourth-order valence-corrected chi connectivity index (χ4v) is 10.2. The van der Waals surface area contributed by atoms with Crippen LogP contribution >= 0.6 is 0 Å². The number of aliphatic hydroxyl groups excluding tert-OH is 2. The van der Waals surface area contributed by atoms with Gasteiger partial charge in [0.15, 0.2) is 0 Å². The Bertz CT molecular complexity index is 806. The molecule has 0 spiro atoms. The lowest BCUT2D eigenvalue weighted by Gasteiger charge is -2.70. The Labute approximate surface area is 186 Å². The van der Waals surface area contributed by atoms with Gasteiger partial charge in [0, 0.05) is 17.4 Å². The Morgan fingerprint density at radius 3 is 2.42 bits per heavy atom. The van der Waals surface area contributed by atoms with E-state index >= 15 is 0 Å². The SMILES string of the molecule is CC(=O)[C@@H]1[C@H](O)C[C@@H]2[C@]3(C)CC[C@@H]4C(C)(C)CCC[C@]4(CO)[C@H]3C[C@H]3OC(=O)[C@@H]1[C@]23C. The zero-order valence-electron chi connectivity index (χ0n) is 19.8. The molecule has 0 bridgehead atoms. The first kappa shape index (κ1) is 21.9. The van der Waals surface area contributed by atoms with Gasteiger partial charge in [-0.2, -0.15) is 0 Å². The molecule has 31 heavy (non-hydrogen) atoms. The number of fused-ring (bicyclic) bond motifs is 4. The van der Waals surface area contributed by atoms with Crippen molar-refractivity contribution in [2.45, 2.75) is 91.8 Å². The number of hydrogen-bond donors (Lipinski definition) is 2. The van der Waals surface area contributed by atoms with E-state index in [4.69, 9.17) is 4.74 Å². The third-order valence-electron chi connectivity index (χ3n) is 11.4. The molecule has 0 aromatic heterocycles. The van der Waals surface area contributed by atoms with E-state index in [1.54, 1.807) is 0 Å². The lowest BCUT2D eigenvalue weighted by molar-refractivity contribution is -0.247. The van der Waals surface area contributed by atoms with Crippen LogP contribution in [0.3, 0.4) is 0 Å². The van der Waals surface area contributed by atoms with Gasteiger partial charge >= 0.3 is 5.97 Å². The second-order valence-corrected chi connectivity index (χ2v) is 12.9. The van der Waals surface area contributed by atoms with Crippen LogP contribution in [-0.4, -0.2) is 40.8 Å². The number of carbonyl (C=O) groups is 2. The number of esters is 1. The summed E-state index contributed by atoms with van der Waals surface area (Å²) in [6, 6.07) is 0. The van der Waals surface area contributed by atoms with E-state index in [0.29, 0.717) is 12.3 Å². The minimum absolute atomic E-state index is 0.0765. The van der Waals surface area contributed by atoms with Gasteiger partial charge in [-0.25, -0.2) is 0 Å². The van der Waals surface area contributed by atoms with Gasteiger partial charge < -0.3 is 14.9 Å². The summed E-state index contributed by atoms with van der Waals surface area (Å²) in [4.78, 5) is 25.6. The highest BCUT2D eigenvalue weighted by Gasteiger charge is 2.75. The van der Waals surface area contributed by atoms with Crippen molar-refractivity contribution in [3.8, 4) is 0 Å². The average Bonchev–Trinajstić information content (AvgIpc) is 2.93. The van der Waals surface area contributed by atoms with E-state index in [1.807, 2.05) is 0 Å². The molecule has 5 heteroatoms. The van der Waals surface area contributed by atoms with Gasteiger partial charge in [-0.05, 0) is 74.0 Å². The molecule has 1 saturated heterocycles. The first-order chi connectivity index (χ1) is 14.4. The zero-order valence-corrected chi connectivity index (χ0v) is 19.8. The summed E-state index contributed by atoms with van der Waals surface area (Å²) < 4.78 is 6.04. The van der Waals surface area contributed by atoms with E-state index in [-0.39, 0.29) is 52.5 Å². The molecule has 0 unspecified atom stereocenters. The van der Waals surface area contributed by atoms with Crippen LogP contribution in [0.1, 0.15) is 79.6 Å². The van der Waals surface area contributed by atoms with Crippen LogP contribution in [0.5, 0.6) is 0 Å². The molecule has 0 aromatic rings. The summed E-state index contributed by atoms with van der Waals surface area (Å²) in [5.41, 5.74) is -0.453. The van der Waals surface area contributed by atoms with Gasteiger partial charge in [0.25, 0.3) is 0 Å². The van der Waals surface area contributed by atoms with Crippen LogP contribution < -0.4 is 0 Å². The third kappa shape index (κ3) is 2.51. The maximum atomic E-state index is 13.1. The molecule has 5 nitrogen and oxygen atoms in total. The van der Waals surface area contributed by atoms with Crippen LogP contribution in [0.25, 0.3) is 0 Å². The Hall–Kier alpha value is -0.940. The Morgan fingerprint density at radius 1 is 1.06 bits per heavy atom. The lowest BCUT2D eigenvalue weighted by atomic mass is 9.34. The summed E-state index contributed by atoms with van der Waals surface area (Å²) in [6.07, 6.45) is 5.80. The molecule has 2 N–H and O–H groups in total. The monoisotopic (exact) mass is 432 g/mol. The van der Waals surface area contributed by atoms with Crippen LogP contribution in [0.15, 0.2) is 0 Å². The molecular formula is C26H40O5. The third-order valence-corrected chi connectivity index (χ3v) is 11.4. The summed E-state index contributed by atoms with van der Waals surface area (Å²) >= 11 is 0. The largest absolute Gasteiger partial charge is 0.461 e. The van der Waals surface area contributed by atoms with Crippen molar-refractivity contribution in [1.82, 2.24) is 0 Å². The van der Waals surface area contributed by atoms with Gasteiger partial charge in [-0.1, -0.05) is 34.1 Å². The molecule has 0 amide bonds. The standard InChI is InChI=1S/C26H40O5/c1-14(28)20-15(29)11-17-24(4)10-7-16-23(2,3)8-6-9-26(16,13-27)18(24)12-19-25(17,5)21(20)22(30)31-19/h15-21,27,29H,6-13H2,1-5H3/t15-,16-,17-,18+,19-,20-,21-,24+,25-,26-/m1/s1. The zero-order chi connectivity index (χ0) is 22.6. The number of Topliss-reactive ketones (excluding diaryl/α,β-unsaturated/α-hetero) is 1. The lowest BCUT2D eigenvalue weighted by Crippen LogP contribution is -2.68. The smallest absolute Gasteiger partial charge is 0.310 e. The normalized spacial score (nSPS) is 54.9. The van der Waals surface area contributed by atoms with Crippen molar-refractivity contribution in [2.24, 2.45) is 51.2 Å². The number of carbonyl (C=O) groups excluding carboxylic acids is 2. The minimum atomic E-state index is -0.798. The van der Waals surface area contributed by atoms with Crippen LogP contribution in [-0.2, 0) is 14.3 Å². The number of aliphatic hydroxyl groups is 2. The van der Waals surface area contributed by atoms with E-state index in [9.17, 15) is 19.8 Å². The first-order valence-corrected chi connectivity index (χ1v) is 12.4. The van der Waals surface area contributed by atoms with E-state index in [0.717, 1.165) is 32.1 Å². The minimum Gasteiger partial charge on any atom is -0.461 e. The molecule has 10 atom stereocenters. The van der Waals surface area contributed by atoms with Crippen molar-refractivity contribution in [3.63, 3.8) is 0 Å². The van der Waals surface area contributed by atoms with Crippen LogP contribution in [0.4, 0.5) is 0 Å². The molecule has 0 radical (unpaired) electrons. The second-order valence-electron chi connectivity index (χ2n) is 12.9. The number of ketones is 1. The molecule has 5 fully saturated rings. The van der Waals surface area contributed by atoms with Gasteiger partial charge in [0.2, 0.25) is 0 Å². The fourth-order valence-electron chi connectivity index (χ4n) is 10.2. The van der Waals surface area contributed by atoms with Crippen molar-refractivity contribution < 1.29 is 24.5 Å². The maximum absolute atomic E-state index is 13.1. The molecule has 4 aliphatic carbocycles. The number of hydrogen-bond acceptors (Lipinski definition) is 5. The van der Waals surface area contributed by atoms with Gasteiger partial charge in [0.1, 0.15) is 11.9 Å². The van der Waals surface area contributed by atoms with E-state index in [2.05, 4.69) is 27.7 Å². The van der Waals surface area contributed by atoms with Crippen LogP contribution in [0.2, 0.25) is 0 Å². The second kappa shape index (κ2) is 6.56. The number of rotatable bonds is 2. The van der Waals surface area contributed by atoms with E-state index < -0.39 is 23.4 Å². The topological polar surface area (TPSA) is 83.8 Å². The summed E-state index contributed by atoms with van der Waals surface area (Å²) in [5, 5.41) is 22.0. The van der Waals surface area contributed by atoms with Gasteiger partial charge in [0.05, 0.1) is 17.9 Å². The Kier molecular flexibility index (Phi) is 4.63. The Balaban J connectivity index is 1.63. The predicted molar refractivity (Wildman–Crippen MR) is 116 cm³/mol. The molecule has 4 saturated carbocycles. The fraction of sp³-hybridized carbons (Fsp3) is 0.923. The molecule has 5 aliphatic rings. The summed E-state index contributed by atoms with van der Waals surface area (Å²) in [6.45, 7) is 10.9. The molecule has 0 aromatic carbocycles. The molecular weight excluding hydrogens is 392 g/mol. The van der Waals surface area contributed by atoms with Crippen molar-refractivity contribution >= 4 is 11.8 Å². The molecule has 174 valence electrons. The highest BCUT2D eigenvalue weighted by Crippen LogP contribution is 2.75. The number of ether oxygens (including phenoxy) is 1. The van der Waals surface area contributed by atoms with Crippen molar-refractivity contribution in [1.29, 1.82) is 0 Å². The first-order valence-electron chi connectivity index (χ1n) is 12.4.